The van der Waals surface area contributed by atoms with Crippen LogP contribution < -0.4 is 10.1 Å². The number of ether oxygens (including phenoxy) is 1. The second-order valence-electron chi connectivity index (χ2n) is 4.94. The third-order valence-corrected chi connectivity index (χ3v) is 4.73. The average molecular weight is 330 g/mol. The molecule has 1 aliphatic heterocycles. The van der Waals surface area contributed by atoms with Crippen molar-refractivity contribution in [3.05, 3.63) is 28.8 Å². The summed E-state index contributed by atoms with van der Waals surface area (Å²) in [5.74, 6) is 0.232. The minimum atomic E-state index is -1.17. The van der Waals surface area contributed by atoms with Crippen molar-refractivity contribution in [1.82, 2.24) is 5.32 Å². The summed E-state index contributed by atoms with van der Waals surface area (Å²) in [4.78, 5) is 23.3. The Kier molecular flexibility index (Phi) is 5.00. The molecule has 1 atom stereocenters. The van der Waals surface area contributed by atoms with Crippen LogP contribution in [0.15, 0.2) is 18.2 Å². The van der Waals surface area contributed by atoms with Crippen molar-refractivity contribution >= 4 is 35.2 Å². The van der Waals surface area contributed by atoms with Crippen molar-refractivity contribution in [3.63, 3.8) is 0 Å². The van der Waals surface area contributed by atoms with Gasteiger partial charge in [0, 0.05) is 10.8 Å². The Balaban J connectivity index is 1.94. The molecular weight excluding hydrogens is 314 g/mol. The van der Waals surface area contributed by atoms with Crippen LogP contribution >= 0.6 is 23.4 Å². The molecule has 1 aromatic rings. The van der Waals surface area contributed by atoms with Gasteiger partial charge in [0.25, 0.3) is 5.91 Å². The number of aliphatic carboxylic acids is 1. The maximum Gasteiger partial charge on any atom is 0.330 e. The van der Waals surface area contributed by atoms with Gasteiger partial charge in [0.05, 0.1) is 0 Å². The first kappa shape index (κ1) is 16.0. The first-order valence-electron chi connectivity index (χ1n) is 6.44. The van der Waals surface area contributed by atoms with E-state index in [1.165, 1.54) is 11.8 Å². The van der Waals surface area contributed by atoms with Gasteiger partial charge in [-0.1, -0.05) is 11.6 Å². The lowest BCUT2D eigenvalue weighted by atomic mass is 9.99. The quantitative estimate of drug-likeness (QED) is 0.865. The summed E-state index contributed by atoms with van der Waals surface area (Å²) in [6, 6.07) is 5.10. The van der Waals surface area contributed by atoms with Crippen LogP contribution in [-0.2, 0) is 9.59 Å². The predicted molar refractivity (Wildman–Crippen MR) is 82.1 cm³/mol. The van der Waals surface area contributed by atoms with E-state index in [0.29, 0.717) is 22.9 Å². The van der Waals surface area contributed by atoms with Crippen molar-refractivity contribution in [2.75, 3.05) is 18.1 Å². The number of thioether (sulfide) groups is 1. The van der Waals surface area contributed by atoms with E-state index in [4.69, 9.17) is 16.3 Å². The van der Waals surface area contributed by atoms with Gasteiger partial charge in [-0.05, 0) is 42.9 Å². The average Bonchev–Trinajstić information content (AvgIpc) is 2.87. The van der Waals surface area contributed by atoms with Crippen molar-refractivity contribution < 1.29 is 19.4 Å². The summed E-state index contributed by atoms with van der Waals surface area (Å²) in [5, 5.41) is 12.5. The van der Waals surface area contributed by atoms with Crippen LogP contribution in [0.4, 0.5) is 0 Å². The zero-order valence-corrected chi connectivity index (χ0v) is 13.1. The molecule has 1 fully saturated rings. The van der Waals surface area contributed by atoms with Crippen LogP contribution in [0.2, 0.25) is 5.02 Å². The number of carboxylic acid groups (broad SMARTS) is 1. The monoisotopic (exact) mass is 329 g/mol. The lowest BCUT2D eigenvalue weighted by Crippen LogP contribution is -2.55. The number of halogens is 1. The lowest BCUT2D eigenvalue weighted by molar-refractivity contribution is -0.146. The van der Waals surface area contributed by atoms with Gasteiger partial charge in [-0.25, -0.2) is 4.79 Å². The number of carbonyl (C=O) groups excluding carboxylic acids is 1. The lowest BCUT2D eigenvalue weighted by Gasteiger charge is -2.24. The van der Waals surface area contributed by atoms with Crippen molar-refractivity contribution in [2.24, 2.45) is 0 Å². The molecular formula is C14H16ClNO4S. The molecule has 2 N–H and O–H groups in total. The smallest absolute Gasteiger partial charge is 0.330 e. The Labute approximate surface area is 132 Å². The van der Waals surface area contributed by atoms with Crippen molar-refractivity contribution in [1.29, 1.82) is 0 Å². The standard InChI is InChI=1S/C14H16ClNO4S/c1-9-6-10(15)2-3-11(9)20-7-12(17)16-14(13(18)19)4-5-21-8-14/h2-3,6H,4-5,7-8H2,1H3,(H,16,17)(H,18,19)/t14-/m0/s1. The zero-order valence-electron chi connectivity index (χ0n) is 11.5. The summed E-state index contributed by atoms with van der Waals surface area (Å²) in [5.41, 5.74) is -0.347. The summed E-state index contributed by atoms with van der Waals surface area (Å²) < 4.78 is 5.42. The van der Waals surface area contributed by atoms with E-state index >= 15 is 0 Å². The molecule has 21 heavy (non-hydrogen) atoms. The number of hydrogen-bond acceptors (Lipinski definition) is 4. The van der Waals surface area contributed by atoms with E-state index in [0.717, 1.165) is 11.3 Å². The van der Waals surface area contributed by atoms with E-state index in [-0.39, 0.29) is 6.61 Å². The Morgan fingerprint density at radius 2 is 2.29 bits per heavy atom. The van der Waals surface area contributed by atoms with Crippen molar-refractivity contribution in [3.8, 4) is 5.75 Å². The number of hydrogen-bond donors (Lipinski definition) is 2. The van der Waals surface area contributed by atoms with Gasteiger partial charge < -0.3 is 15.2 Å². The van der Waals surface area contributed by atoms with Gasteiger partial charge in [-0.2, -0.15) is 11.8 Å². The number of benzene rings is 1. The van der Waals surface area contributed by atoms with Crippen LogP contribution in [0, 0.1) is 6.92 Å². The molecule has 0 bridgehead atoms. The summed E-state index contributed by atoms with van der Waals surface area (Å²) in [7, 11) is 0. The number of amides is 1. The number of carbonyl (C=O) groups is 2. The molecule has 1 saturated heterocycles. The van der Waals surface area contributed by atoms with Gasteiger partial charge in [0.2, 0.25) is 0 Å². The number of carboxylic acids is 1. The molecule has 1 amide bonds. The van der Waals surface area contributed by atoms with E-state index < -0.39 is 17.4 Å². The first-order valence-corrected chi connectivity index (χ1v) is 7.97. The van der Waals surface area contributed by atoms with Gasteiger partial charge in [0.15, 0.2) is 6.61 Å². The predicted octanol–water partition coefficient (Wildman–Crippen LogP) is 2.10. The number of nitrogens with one attached hydrogen (secondary N) is 1. The number of rotatable bonds is 5. The first-order chi connectivity index (χ1) is 9.93. The molecule has 0 radical (unpaired) electrons. The van der Waals surface area contributed by atoms with E-state index in [1.807, 2.05) is 6.92 Å². The highest BCUT2D eigenvalue weighted by molar-refractivity contribution is 7.99. The molecule has 0 saturated carbocycles. The SMILES string of the molecule is Cc1cc(Cl)ccc1OCC(=O)N[C@@]1(C(=O)O)CCSC1. The van der Waals surface area contributed by atoms with Crippen LogP contribution in [0.5, 0.6) is 5.75 Å². The van der Waals surface area contributed by atoms with Gasteiger partial charge >= 0.3 is 5.97 Å². The second-order valence-corrected chi connectivity index (χ2v) is 6.48. The van der Waals surface area contributed by atoms with Crippen LogP contribution in [-0.4, -0.2) is 40.6 Å². The normalized spacial score (nSPS) is 21.0. The minimum absolute atomic E-state index is 0.220. The molecule has 0 aliphatic carbocycles. The molecule has 1 aromatic carbocycles. The fourth-order valence-corrected chi connectivity index (χ4v) is 3.66. The summed E-state index contributed by atoms with van der Waals surface area (Å²) >= 11 is 7.36. The second kappa shape index (κ2) is 6.58. The molecule has 2 rings (SSSR count). The molecule has 1 heterocycles. The van der Waals surface area contributed by atoms with Gasteiger partial charge in [-0.15, -0.1) is 0 Å². The Morgan fingerprint density at radius 1 is 1.52 bits per heavy atom. The van der Waals surface area contributed by atoms with E-state index in [1.54, 1.807) is 18.2 Å². The third kappa shape index (κ3) is 3.83. The molecule has 114 valence electrons. The Hall–Kier alpha value is -1.40. The molecule has 7 heteroatoms. The molecule has 0 spiro atoms. The van der Waals surface area contributed by atoms with Crippen LogP contribution in [0.1, 0.15) is 12.0 Å². The highest BCUT2D eigenvalue weighted by atomic mass is 35.5. The van der Waals surface area contributed by atoms with Gasteiger partial charge in [-0.3, -0.25) is 4.79 Å². The highest BCUT2D eigenvalue weighted by Crippen LogP contribution is 2.28. The van der Waals surface area contributed by atoms with E-state index in [2.05, 4.69) is 5.32 Å². The molecule has 1 aliphatic rings. The number of aryl methyl sites for hydroxylation is 1. The molecule has 0 unspecified atom stereocenters. The van der Waals surface area contributed by atoms with Crippen LogP contribution in [0.3, 0.4) is 0 Å². The Morgan fingerprint density at radius 3 is 2.86 bits per heavy atom. The maximum absolute atomic E-state index is 11.9. The van der Waals surface area contributed by atoms with Gasteiger partial charge in [0.1, 0.15) is 11.3 Å². The maximum atomic E-state index is 11.9. The minimum Gasteiger partial charge on any atom is -0.484 e. The molecule has 0 aromatic heterocycles. The van der Waals surface area contributed by atoms with E-state index in [9.17, 15) is 14.7 Å². The molecule has 5 nitrogen and oxygen atoms in total. The fourth-order valence-electron chi connectivity index (χ4n) is 2.11. The fraction of sp³-hybridized carbons (Fsp3) is 0.429. The Bertz CT molecular complexity index is 558. The third-order valence-electron chi connectivity index (χ3n) is 3.31. The van der Waals surface area contributed by atoms with Crippen molar-refractivity contribution in [2.45, 2.75) is 18.9 Å². The van der Waals surface area contributed by atoms with Crippen LogP contribution in [0.25, 0.3) is 0 Å². The highest BCUT2D eigenvalue weighted by Gasteiger charge is 2.43. The topological polar surface area (TPSA) is 75.6 Å². The summed E-state index contributed by atoms with van der Waals surface area (Å²) in [6.45, 7) is 1.60. The largest absolute Gasteiger partial charge is 0.484 e. The summed E-state index contributed by atoms with van der Waals surface area (Å²) in [6.07, 6.45) is 0.429. The zero-order chi connectivity index (χ0) is 15.5.